The first-order chi connectivity index (χ1) is 13.4. The van der Waals surface area contributed by atoms with E-state index >= 15 is 0 Å². The Bertz CT molecular complexity index is 1010. The van der Waals surface area contributed by atoms with Gasteiger partial charge in [-0.1, -0.05) is 22.8 Å². The minimum absolute atomic E-state index is 0.0383. The van der Waals surface area contributed by atoms with Crippen LogP contribution in [0.5, 0.6) is 0 Å². The number of benzene rings is 2. The van der Waals surface area contributed by atoms with Gasteiger partial charge in [-0.15, -0.1) is 0 Å². The average Bonchev–Trinajstić information content (AvgIpc) is 3.03. The Balaban J connectivity index is 1.74. The van der Waals surface area contributed by atoms with Gasteiger partial charge < -0.3 is 14.6 Å². The van der Waals surface area contributed by atoms with Gasteiger partial charge in [0.2, 0.25) is 0 Å². The maximum atomic E-state index is 14.2. The van der Waals surface area contributed by atoms with E-state index in [1.807, 2.05) is 0 Å². The zero-order valence-corrected chi connectivity index (χ0v) is 15.2. The van der Waals surface area contributed by atoms with Crippen LogP contribution < -0.4 is 5.32 Å². The number of rotatable bonds is 5. The van der Waals surface area contributed by atoms with Crippen molar-refractivity contribution in [3.63, 3.8) is 0 Å². The summed E-state index contributed by atoms with van der Waals surface area (Å²) >= 11 is 6.01. The van der Waals surface area contributed by atoms with E-state index in [1.165, 1.54) is 43.3 Å². The monoisotopic (exact) mass is 406 g/mol. The molecule has 0 atom stereocenters. The minimum atomic E-state index is -0.928. The van der Waals surface area contributed by atoms with Gasteiger partial charge in [-0.25, -0.2) is 13.6 Å². The number of carbonyl (C=O) groups is 2. The van der Waals surface area contributed by atoms with Crippen LogP contribution in [0.2, 0.25) is 5.02 Å². The summed E-state index contributed by atoms with van der Waals surface area (Å²) in [7, 11) is 0. The van der Waals surface area contributed by atoms with Crippen LogP contribution in [0.15, 0.2) is 47.0 Å². The van der Waals surface area contributed by atoms with Crippen molar-refractivity contribution in [3.05, 3.63) is 70.4 Å². The van der Waals surface area contributed by atoms with E-state index < -0.39 is 30.1 Å². The normalized spacial score (nSPS) is 10.6. The molecular weight excluding hydrogens is 394 g/mol. The summed E-state index contributed by atoms with van der Waals surface area (Å²) in [5.41, 5.74) is -0.0303. The molecule has 0 spiro atoms. The molecule has 0 aliphatic heterocycles. The van der Waals surface area contributed by atoms with E-state index in [0.717, 1.165) is 6.07 Å². The van der Waals surface area contributed by atoms with Gasteiger partial charge in [0.1, 0.15) is 28.7 Å². The maximum absolute atomic E-state index is 14.2. The molecule has 6 nitrogen and oxygen atoms in total. The highest BCUT2D eigenvalue weighted by atomic mass is 35.5. The van der Waals surface area contributed by atoms with Crippen LogP contribution in [-0.2, 0) is 9.53 Å². The van der Waals surface area contributed by atoms with Gasteiger partial charge in [-0.05, 0) is 43.3 Å². The summed E-state index contributed by atoms with van der Waals surface area (Å²) in [5.74, 6) is -2.63. The van der Waals surface area contributed by atoms with E-state index in [0.29, 0.717) is 5.69 Å². The molecule has 0 saturated carbocycles. The van der Waals surface area contributed by atoms with Gasteiger partial charge in [0.15, 0.2) is 6.61 Å². The molecule has 1 aromatic heterocycles. The molecule has 0 aliphatic carbocycles. The number of amides is 1. The lowest BCUT2D eigenvalue weighted by Gasteiger charge is -2.08. The predicted molar refractivity (Wildman–Crippen MR) is 97.0 cm³/mol. The van der Waals surface area contributed by atoms with Crippen molar-refractivity contribution in [3.8, 4) is 11.3 Å². The van der Waals surface area contributed by atoms with Gasteiger partial charge in [0.05, 0.1) is 10.6 Å². The highest BCUT2D eigenvalue weighted by Crippen LogP contribution is 2.33. The third-order valence-corrected chi connectivity index (χ3v) is 4.04. The number of hydrogen-bond donors (Lipinski definition) is 1. The van der Waals surface area contributed by atoms with E-state index in [-0.39, 0.29) is 27.6 Å². The number of halogens is 3. The van der Waals surface area contributed by atoms with E-state index in [4.69, 9.17) is 20.9 Å². The van der Waals surface area contributed by atoms with Gasteiger partial charge in [-0.2, -0.15) is 0 Å². The van der Waals surface area contributed by atoms with Crippen molar-refractivity contribution < 1.29 is 27.6 Å². The van der Waals surface area contributed by atoms with Crippen molar-refractivity contribution in [2.75, 3.05) is 11.9 Å². The summed E-state index contributed by atoms with van der Waals surface area (Å²) in [6.07, 6.45) is 0. The van der Waals surface area contributed by atoms with Gasteiger partial charge >= 0.3 is 5.97 Å². The highest BCUT2D eigenvalue weighted by Gasteiger charge is 2.27. The fourth-order valence-corrected chi connectivity index (χ4v) is 2.69. The fraction of sp³-hybridized carbons (Fsp3) is 0.105. The molecule has 0 fully saturated rings. The second kappa shape index (κ2) is 8.18. The smallest absolute Gasteiger partial charge is 0.344 e. The maximum Gasteiger partial charge on any atom is 0.344 e. The first kappa shape index (κ1) is 19.5. The van der Waals surface area contributed by atoms with Gasteiger partial charge in [0, 0.05) is 5.69 Å². The minimum Gasteiger partial charge on any atom is -0.452 e. The number of nitrogens with zero attached hydrogens (tertiary/aromatic N) is 1. The van der Waals surface area contributed by atoms with Crippen molar-refractivity contribution in [1.82, 2.24) is 5.16 Å². The molecule has 2 aromatic carbocycles. The van der Waals surface area contributed by atoms with Gasteiger partial charge in [-0.3, -0.25) is 4.79 Å². The van der Waals surface area contributed by atoms with Crippen LogP contribution >= 0.6 is 11.6 Å². The summed E-state index contributed by atoms with van der Waals surface area (Å²) in [4.78, 5) is 24.3. The molecule has 1 amide bonds. The quantitative estimate of drug-likeness (QED) is 0.636. The van der Waals surface area contributed by atoms with Crippen molar-refractivity contribution in [2.45, 2.75) is 6.92 Å². The number of aromatic nitrogens is 1. The SMILES string of the molecule is Cc1onc(-c2c(F)cccc2Cl)c1C(=O)OCC(=O)Nc1ccc(F)cc1. The highest BCUT2D eigenvalue weighted by molar-refractivity contribution is 6.33. The lowest BCUT2D eigenvalue weighted by molar-refractivity contribution is -0.119. The van der Waals surface area contributed by atoms with Crippen LogP contribution in [-0.4, -0.2) is 23.6 Å². The summed E-state index contributed by atoms with van der Waals surface area (Å²) in [5, 5.41) is 6.18. The van der Waals surface area contributed by atoms with Crippen LogP contribution in [0.4, 0.5) is 14.5 Å². The number of aryl methyl sites for hydroxylation is 1. The largest absolute Gasteiger partial charge is 0.452 e. The molecule has 3 rings (SSSR count). The molecule has 0 unspecified atom stereocenters. The molecular formula is C19H13ClF2N2O4. The zero-order valence-electron chi connectivity index (χ0n) is 14.5. The fourth-order valence-electron chi connectivity index (χ4n) is 2.44. The first-order valence-corrected chi connectivity index (χ1v) is 8.38. The zero-order chi connectivity index (χ0) is 20.3. The lowest BCUT2D eigenvalue weighted by atomic mass is 10.1. The molecule has 28 heavy (non-hydrogen) atoms. The molecule has 0 saturated heterocycles. The van der Waals surface area contributed by atoms with Crippen LogP contribution in [0.25, 0.3) is 11.3 Å². The number of ether oxygens (including phenoxy) is 1. The molecule has 3 aromatic rings. The third-order valence-electron chi connectivity index (χ3n) is 3.73. The second-order valence-corrected chi connectivity index (χ2v) is 6.10. The number of carbonyl (C=O) groups excluding carboxylic acids is 2. The third kappa shape index (κ3) is 4.17. The Kier molecular flexibility index (Phi) is 5.70. The molecule has 0 radical (unpaired) electrons. The number of anilines is 1. The molecule has 1 heterocycles. The van der Waals surface area contributed by atoms with Gasteiger partial charge in [0.25, 0.3) is 5.91 Å². The Labute approximate surface area is 163 Å². The van der Waals surface area contributed by atoms with Crippen LogP contribution in [0.3, 0.4) is 0 Å². The Morgan fingerprint density at radius 3 is 2.57 bits per heavy atom. The summed E-state index contributed by atoms with van der Waals surface area (Å²) in [6, 6.07) is 9.08. The van der Waals surface area contributed by atoms with Crippen molar-refractivity contribution in [1.29, 1.82) is 0 Å². The topological polar surface area (TPSA) is 81.4 Å². The number of hydrogen-bond acceptors (Lipinski definition) is 5. The molecule has 1 N–H and O–H groups in total. The molecule has 9 heteroatoms. The first-order valence-electron chi connectivity index (χ1n) is 8.00. The van der Waals surface area contributed by atoms with E-state index in [1.54, 1.807) is 0 Å². The molecule has 144 valence electrons. The Morgan fingerprint density at radius 2 is 1.89 bits per heavy atom. The molecule has 0 bridgehead atoms. The summed E-state index contributed by atoms with van der Waals surface area (Å²) < 4.78 is 37.0. The Hall–Kier alpha value is -3.26. The summed E-state index contributed by atoms with van der Waals surface area (Å²) in [6.45, 7) is 0.825. The van der Waals surface area contributed by atoms with Crippen molar-refractivity contribution in [2.24, 2.45) is 0 Å². The lowest BCUT2D eigenvalue weighted by Crippen LogP contribution is -2.21. The number of nitrogens with one attached hydrogen (secondary N) is 1. The number of esters is 1. The Morgan fingerprint density at radius 1 is 1.18 bits per heavy atom. The van der Waals surface area contributed by atoms with Crippen LogP contribution in [0, 0.1) is 18.6 Å². The van der Waals surface area contributed by atoms with E-state index in [2.05, 4.69) is 10.5 Å². The van der Waals surface area contributed by atoms with E-state index in [9.17, 15) is 18.4 Å². The average molecular weight is 407 g/mol. The predicted octanol–water partition coefficient (Wildman–Crippen LogP) is 4.38. The van der Waals surface area contributed by atoms with Crippen LogP contribution in [0.1, 0.15) is 16.1 Å². The van der Waals surface area contributed by atoms with Crippen molar-refractivity contribution >= 4 is 29.2 Å². The standard InChI is InChI=1S/C19H13ClF2N2O4/c1-10-16(18(24-28-10)17-13(20)3-2-4-14(17)22)19(26)27-9-15(25)23-12-7-5-11(21)6-8-12/h2-8H,9H2,1H3,(H,23,25). The second-order valence-electron chi connectivity index (χ2n) is 5.69. The molecule has 0 aliphatic rings.